The quantitative estimate of drug-likeness (QED) is 0.646. The first-order valence-corrected chi connectivity index (χ1v) is 7.88. The SMILES string of the molecule is CCN(C)Cc1ccc(OC)c(OC)c1.Nc1ccc(S)cc1. The fourth-order valence-electron chi connectivity index (χ4n) is 1.88. The zero-order valence-electron chi connectivity index (χ0n) is 14.2. The summed E-state index contributed by atoms with van der Waals surface area (Å²) in [7, 11) is 5.40. The van der Waals surface area contributed by atoms with E-state index in [1.165, 1.54) is 5.56 Å². The van der Waals surface area contributed by atoms with Crippen molar-refractivity contribution >= 4 is 18.3 Å². The molecule has 0 aliphatic heterocycles. The molecule has 4 nitrogen and oxygen atoms in total. The van der Waals surface area contributed by atoms with E-state index in [9.17, 15) is 0 Å². The van der Waals surface area contributed by atoms with Crippen molar-refractivity contribution < 1.29 is 9.47 Å². The van der Waals surface area contributed by atoms with Crippen LogP contribution in [0.15, 0.2) is 47.4 Å². The molecule has 2 rings (SSSR count). The van der Waals surface area contributed by atoms with Crippen molar-refractivity contribution in [3.05, 3.63) is 48.0 Å². The number of hydrogen-bond donors (Lipinski definition) is 2. The minimum atomic E-state index is 0.778. The largest absolute Gasteiger partial charge is 0.493 e. The Morgan fingerprint density at radius 2 is 1.61 bits per heavy atom. The Labute approximate surface area is 144 Å². The van der Waals surface area contributed by atoms with Gasteiger partial charge in [-0.1, -0.05) is 13.0 Å². The summed E-state index contributed by atoms with van der Waals surface area (Å²) in [6, 6.07) is 13.4. The van der Waals surface area contributed by atoms with Crippen LogP contribution in [0.1, 0.15) is 12.5 Å². The number of ether oxygens (including phenoxy) is 2. The summed E-state index contributed by atoms with van der Waals surface area (Å²) < 4.78 is 10.4. The number of benzene rings is 2. The number of thiol groups is 1. The molecule has 126 valence electrons. The van der Waals surface area contributed by atoms with Crippen LogP contribution in [0.2, 0.25) is 0 Å². The summed E-state index contributed by atoms with van der Waals surface area (Å²) in [6.07, 6.45) is 0. The molecule has 5 heteroatoms. The standard InChI is InChI=1S/C12H19NO2.C6H7NS/c1-5-13(2)9-10-6-7-11(14-3)12(8-10)15-4;7-5-1-3-6(8)4-2-5/h6-8H,5,9H2,1-4H3;1-4,8H,7H2. The number of rotatable bonds is 5. The first-order valence-electron chi connectivity index (χ1n) is 7.44. The maximum Gasteiger partial charge on any atom is 0.161 e. The van der Waals surface area contributed by atoms with Crippen LogP contribution in [0.25, 0.3) is 0 Å². The zero-order chi connectivity index (χ0) is 17.2. The predicted molar refractivity (Wildman–Crippen MR) is 99.7 cm³/mol. The number of methoxy groups -OCH3 is 2. The van der Waals surface area contributed by atoms with Gasteiger partial charge in [-0.15, -0.1) is 12.6 Å². The first kappa shape index (κ1) is 19.2. The molecular formula is C18H26N2O2S. The Morgan fingerprint density at radius 3 is 2.09 bits per heavy atom. The summed E-state index contributed by atoms with van der Waals surface area (Å²) in [6.45, 7) is 4.10. The molecule has 0 aliphatic rings. The van der Waals surface area contributed by atoms with Gasteiger partial charge in [0.05, 0.1) is 14.2 Å². The van der Waals surface area contributed by atoms with E-state index < -0.39 is 0 Å². The van der Waals surface area contributed by atoms with E-state index in [0.717, 1.165) is 35.2 Å². The van der Waals surface area contributed by atoms with Gasteiger partial charge in [0, 0.05) is 17.1 Å². The van der Waals surface area contributed by atoms with Crippen molar-refractivity contribution in [3.63, 3.8) is 0 Å². The molecule has 0 amide bonds. The average Bonchev–Trinajstić information content (AvgIpc) is 2.57. The highest BCUT2D eigenvalue weighted by atomic mass is 32.1. The molecule has 0 heterocycles. The highest BCUT2D eigenvalue weighted by molar-refractivity contribution is 7.80. The molecule has 0 spiro atoms. The van der Waals surface area contributed by atoms with Crippen molar-refractivity contribution in [2.75, 3.05) is 33.5 Å². The molecule has 2 N–H and O–H groups in total. The monoisotopic (exact) mass is 334 g/mol. The zero-order valence-corrected chi connectivity index (χ0v) is 15.1. The Hall–Kier alpha value is -1.85. The lowest BCUT2D eigenvalue weighted by atomic mass is 10.2. The third-order valence-corrected chi connectivity index (χ3v) is 3.63. The van der Waals surface area contributed by atoms with Crippen LogP contribution in [0.5, 0.6) is 11.5 Å². The maximum absolute atomic E-state index is 5.39. The van der Waals surface area contributed by atoms with Crippen LogP contribution in [0, 0.1) is 0 Å². The van der Waals surface area contributed by atoms with Crippen molar-refractivity contribution in [3.8, 4) is 11.5 Å². The van der Waals surface area contributed by atoms with E-state index in [-0.39, 0.29) is 0 Å². The number of nitrogens with two attached hydrogens (primary N) is 1. The second-order valence-electron chi connectivity index (χ2n) is 5.11. The van der Waals surface area contributed by atoms with Crippen molar-refractivity contribution in [1.29, 1.82) is 0 Å². The number of nitrogen functional groups attached to an aromatic ring is 1. The summed E-state index contributed by atoms with van der Waals surface area (Å²) >= 11 is 4.08. The Balaban J connectivity index is 0.000000277. The van der Waals surface area contributed by atoms with Crippen molar-refractivity contribution in [2.45, 2.75) is 18.4 Å². The van der Waals surface area contributed by atoms with Gasteiger partial charge >= 0.3 is 0 Å². The lowest BCUT2D eigenvalue weighted by Crippen LogP contribution is -2.16. The molecule has 2 aromatic rings. The van der Waals surface area contributed by atoms with Gasteiger partial charge in [-0.3, -0.25) is 0 Å². The molecular weight excluding hydrogens is 308 g/mol. The molecule has 0 radical (unpaired) electrons. The molecule has 23 heavy (non-hydrogen) atoms. The normalized spacial score (nSPS) is 10.0. The third kappa shape index (κ3) is 6.84. The van der Waals surface area contributed by atoms with Crippen LogP contribution in [-0.4, -0.2) is 32.7 Å². The van der Waals surface area contributed by atoms with E-state index in [1.54, 1.807) is 14.2 Å². The second-order valence-corrected chi connectivity index (χ2v) is 5.63. The fraction of sp³-hybridized carbons (Fsp3) is 0.333. The van der Waals surface area contributed by atoms with E-state index in [1.807, 2.05) is 36.4 Å². The fourth-order valence-corrected chi connectivity index (χ4v) is 2.03. The second kappa shape index (κ2) is 10.0. The van der Waals surface area contributed by atoms with Crippen LogP contribution in [0.4, 0.5) is 5.69 Å². The minimum absolute atomic E-state index is 0.778. The number of anilines is 1. The van der Waals surface area contributed by atoms with Crippen molar-refractivity contribution in [1.82, 2.24) is 4.90 Å². The van der Waals surface area contributed by atoms with Gasteiger partial charge in [0.25, 0.3) is 0 Å². The number of nitrogens with zero attached hydrogens (tertiary/aromatic N) is 1. The van der Waals surface area contributed by atoms with Gasteiger partial charge < -0.3 is 20.1 Å². The molecule has 0 aromatic heterocycles. The van der Waals surface area contributed by atoms with Crippen molar-refractivity contribution in [2.24, 2.45) is 0 Å². The van der Waals surface area contributed by atoms with Gasteiger partial charge in [0.15, 0.2) is 11.5 Å². The molecule has 0 unspecified atom stereocenters. The Morgan fingerprint density at radius 1 is 1.00 bits per heavy atom. The third-order valence-electron chi connectivity index (χ3n) is 3.33. The van der Waals surface area contributed by atoms with Gasteiger partial charge in [-0.05, 0) is 55.6 Å². The molecule has 0 fully saturated rings. The lowest BCUT2D eigenvalue weighted by molar-refractivity contribution is 0.338. The lowest BCUT2D eigenvalue weighted by Gasteiger charge is -2.15. The summed E-state index contributed by atoms with van der Waals surface area (Å²) in [4.78, 5) is 3.18. The molecule has 2 aromatic carbocycles. The molecule has 0 saturated carbocycles. The predicted octanol–water partition coefficient (Wildman–Crippen LogP) is 3.71. The molecule has 0 saturated heterocycles. The van der Waals surface area contributed by atoms with E-state index in [4.69, 9.17) is 15.2 Å². The average molecular weight is 334 g/mol. The van der Waals surface area contributed by atoms with Gasteiger partial charge in [0.1, 0.15) is 0 Å². The maximum atomic E-state index is 5.39. The van der Waals surface area contributed by atoms with Crippen LogP contribution < -0.4 is 15.2 Å². The van der Waals surface area contributed by atoms with Gasteiger partial charge in [-0.2, -0.15) is 0 Å². The van der Waals surface area contributed by atoms with E-state index in [2.05, 4.69) is 37.6 Å². The summed E-state index contributed by atoms with van der Waals surface area (Å²) in [5.41, 5.74) is 7.41. The van der Waals surface area contributed by atoms with Crippen LogP contribution in [-0.2, 0) is 6.54 Å². The molecule has 0 bridgehead atoms. The smallest absolute Gasteiger partial charge is 0.161 e. The highest BCUT2D eigenvalue weighted by Crippen LogP contribution is 2.27. The van der Waals surface area contributed by atoms with Crippen LogP contribution >= 0.6 is 12.6 Å². The van der Waals surface area contributed by atoms with Gasteiger partial charge in [0.2, 0.25) is 0 Å². The topological polar surface area (TPSA) is 47.7 Å². The number of hydrogen-bond acceptors (Lipinski definition) is 5. The Bertz CT molecular complexity index is 567. The van der Waals surface area contributed by atoms with E-state index >= 15 is 0 Å². The van der Waals surface area contributed by atoms with Crippen LogP contribution in [0.3, 0.4) is 0 Å². The molecule has 0 atom stereocenters. The Kier molecular flexibility index (Phi) is 8.37. The highest BCUT2D eigenvalue weighted by Gasteiger charge is 2.05. The van der Waals surface area contributed by atoms with E-state index in [0.29, 0.717) is 0 Å². The van der Waals surface area contributed by atoms with Gasteiger partial charge in [-0.25, -0.2) is 0 Å². The summed E-state index contributed by atoms with van der Waals surface area (Å²) in [5, 5.41) is 0. The summed E-state index contributed by atoms with van der Waals surface area (Å²) in [5.74, 6) is 1.57. The minimum Gasteiger partial charge on any atom is -0.493 e. The molecule has 0 aliphatic carbocycles. The first-order chi connectivity index (χ1) is 11.0.